The average Bonchev–Trinajstić information content (AvgIpc) is 3.18. The van der Waals surface area contributed by atoms with Gasteiger partial charge in [0.1, 0.15) is 24.0 Å². The lowest BCUT2D eigenvalue weighted by atomic mass is 10.2. The van der Waals surface area contributed by atoms with Gasteiger partial charge in [-0.1, -0.05) is 0 Å². The summed E-state index contributed by atoms with van der Waals surface area (Å²) in [6.45, 7) is 4.59. The molecule has 3 aromatic heterocycles. The van der Waals surface area contributed by atoms with E-state index in [0.717, 1.165) is 49.1 Å². The minimum Gasteiger partial charge on any atom is -0.354 e. The van der Waals surface area contributed by atoms with Crippen molar-refractivity contribution in [3.8, 4) is 0 Å². The minimum atomic E-state index is -0.301. The molecule has 148 valence electrons. The van der Waals surface area contributed by atoms with Crippen LogP contribution in [0.15, 0.2) is 60.1 Å². The van der Waals surface area contributed by atoms with Crippen molar-refractivity contribution in [3.05, 3.63) is 66.6 Å². The second-order valence-corrected chi connectivity index (χ2v) is 7.35. The zero-order valence-corrected chi connectivity index (χ0v) is 16.2. The molecule has 0 N–H and O–H groups in total. The number of pyridine rings is 2. The SMILES string of the molecule is CN1CCN(c2ccc(N3C=CC(c4cnc5ccc(F)cn45)=NC3)cn2)CC1. The maximum atomic E-state index is 13.6. The van der Waals surface area contributed by atoms with Crippen LogP contribution in [0.2, 0.25) is 0 Å². The molecule has 7 nitrogen and oxygen atoms in total. The van der Waals surface area contributed by atoms with Gasteiger partial charge in [0.15, 0.2) is 0 Å². The van der Waals surface area contributed by atoms with Crippen LogP contribution in [-0.4, -0.2) is 64.9 Å². The highest BCUT2D eigenvalue weighted by Crippen LogP contribution is 2.21. The zero-order valence-electron chi connectivity index (χ0n) is 16.2. The number of anilines is 2. The summed E-state index contributed by atoms with van der Waals surface area (Å²) >= 11 is 0. The maximum Gasteiger partial charge on any atom is 0.139 e. The molecule has 0 amide bonds. The second kappa shape index (κ2) is 7.29. The van der Waals surface area contributed by atoms with Gasteiger partial charge >= 0.3 is 0 Å². The number of aromatic nitrogens is 3. The Balaban J connectivity index is 1.30. The lowest BCUT2D eigenvalue weighted by molar-refractivity contribution is 0.312. The molecule has 8 heteroatoms. The Morgan fingerprint density at radius 3 is 2.55 bits per heavy atom. The molecule has 3 aromatic rings. The van der Waals surface area contributed by atoms with E-state index in [-0.39, 0.29) is 5.82 Å². The molecule has 0 atom stereocenters. The molecular weight excluding hydrogens is 369 g/mol. The van der Waals surface area contributed by atoms with Crippen LogP contribution in [0.5, 0.6) is 0 Å². The first-order valence-corrected chi connectivity index (χ1v) is 9.69. The van der Waals surface area contributed by atoms with Crippen LogP contribution in [0.1, 0.15) is 5.69 Å². The summed E-state index contributed by atoms with van der Waals surface area (Å²) in [5.41, 5.74) is 3.25. The predicted molar refractivity (Wildman–Crippen MR) is 112 cm³/mol. The molecule has 29 heavy (non-hydrogen) atoms. The van der Waals surface area contributed by atoms with E-state index in [1.807, 2.05) is 23.4 Å². The fourth-order valence-electron chi connectivity index (χ4n) is 3.66. The van der Waals surface area contributed by atoms with Gasteiger partial charge in [0.2, 0.25) is 0 Å². The molecular formula is C21H22FN7. The summed E-state index contributed by atoms with van der Waals surface area (Å²) < 4.78 is 15.3. The lowest BCUT2D eigenvalue weighted by Crippen LogP contribution is -2.44. The molecule has 0 unspecified atom stereocenters. The Bertz CT molecular complexity index is 1080. The molecule has 0 bridgehead atoms. The van der Waals surface area contributed by atoms with Crippen molar-refractivity contribution in [1.82, 2.24) is 19.3 Å². The Labute approximate surface area is 168 Å². The highest BCUT2D eigenvalue weighted by atomic mass is 19.1. The maximum absolute atomic E-state index is 13.6. The number of hydrogen-bond acceptors (Lipinski definition) is 6. The minimum absolute atomic E-state index is 0.301. The van der Waals surface area contributed by atoms with Gasteiger partial charge in [-0.2, -0.15) is 0 Å². The van der Waals surface area contributed by atoms with E-state index in [0.29, 0.717) is 12.3 Å². The fourth-order valence-corrected chi connectivity index (χ4v) is 3.66. The van der Waals surface area contributed by atoms with Crippen LogP contribution in [0.4, 0.5) is 15.9 Å². The lowest BCUT2D eigenvalue weighted by Gasteiger charge is -2.33. The molecule has 2 aliphatic rings. The summed E-state index contributed by atoms with van der Waals surface area (Å²) in [4.78, 5) is 20.3. The van der Waals surface area contributed by atoms with Crippen LogP contribution < -0.4 is 9.80 Å². The van der Waals surface area contributed by atoms with Gasteiger partial charge in [0.25, 0.3) is 0 Å². The van der Waals surface area contributed by atoms with Crippen molar-refractivity contribution in [2.75, 3.05) is 49.7 Å². The number of aliphatic imine (C=N–C) groups is 1. The van der Waals surface area contributed by atoms with Crippen molar-refractivity contribution in [1.29, 1.82) is 0 Å². The molecule has 5 heterocycles. The molecule has 1 saturated heterocycles. The smallest absolute Gasteiger partial charge is 0.139 e. The molecule has 0 saturated carbocycles. The van der Waals surface area contributed by atoms with Gasteiger partial charge in [-0.15, -0.1) is 0 Å². The number of rotatable bonds is 3. The van der Waals surface area contributed by atoms with Crippen LogP contribution >= 0.6 is 0 Å². The fraction of sp³-hybridized carbons (Fsp3) is 0.286. The van der Waals surface area contributed by atoms with Gasteiger partial charge in [0, 0.05) is 38.6 Å². The van der Waals surface area contributed by atoms with E-state index in [4.69, 9.17) is 0 Å². The molecule has 2 aliphatic heterocycles. The van der Waals surface area contributed by atoms with E-state index >= 15 is 0 Å². The van der Waals surface area contributed by atoms with Crippen molar-refractivity contribution in [2.45, 2.75) is 0 Å². The number of imidazole rings is 1. The van der Waals surface area contributed by atoms with Gasteiger partial charge in [-0.25, -0.2) is 14.4 Å². The largest absolute Gasteiger partial charge is 0.354 e. The van der Waals surface area contributed by atoms with Crippen LogP contribution in [-0.2, 0) is 0 Å². The van der Waals surface area contributed by atoms with E-state index in [9.17, 15) is 4.39 Å². The monoisotopic (exact) mass is 391 g/mol. The predicted octanol–water partition coefficient (Wildman–Crippen LogP) is 2.40. The number of hydrogen-bond donors (Lipinski definition) is 0. The number of halogens is 1. The molecule has 0 radical (unpaired) electrons. The van der Waals surface area contributed by atoms with E-state index in [1.165, 1.54) is 12.3 Å². The molecule has 0 spiro atoms. The van der Waals surface area contributed by atoms with E-state index in [2.05, 4.69) is 43.9 Å². The summed E-state index contributed by atoms with van der Waals surface area (Å²) in [7, 11) is 2.15. The molecule has 1 fully saturated rings. The van der Waals surface area contributed by atoms with Crippen molar-refractivity contribution in [3.63, 3.8) is 0 Å². The summed E-state index contributed by atoms with van der Waals surface area (Å²) in [6, 6.07) is 7.22. The molecule has 5 rings (SSSR count). The van der Waals surface area contributed by atoms with Crippen LogP contribution in [0.3, 0.4) is 0 Å². The quantitative estimate of drug-likeness (QED) is 0.686. The molecule has 0 aromatic carbocycles. The topological polar surface area (TPSA) is 52.3 Å². The van der Waals surface area contributed by atoms with Crippen LogP contribution in [0, 0.1) is 5.82 Å². The molecule has 0 aliphatic carbocycles. The zero-order chi connectivity index (χ0) is 19.8. The van der Waals surface area contributed by atoms with Gasteiger partial charge < -0.3 is 14.7 Å². The first-order chi connectivity index (χ1) is 14.2. The van der Waals surface area contributed by atoms with Crippen LogP contribution in [0.25, 0.3) is 5.65 Å². The number of likely N-dealkylation sites (N-methyl/N-ethyl adjacent to an activating group) is 1. The standard InChI is InChI=1S/C21H22FN7/c1-26-8-10-27(11-9-26)20-5-3-17(12-23-20)28-7-6-18(25-15-28)19-13-24-21-4-2-16(22)14-29(19)21/h2-7,12-14H,8-11,15H2,1H3. The Morgan fingerprint density at radius 1 is 0.966 bits per heavy atom. The van der Waals surface area contributed by atoms with Crippen molar-refractivity contribution in [2.24, 2.45) is 4.99 Å². The van der Waals surface area contributed by atoms with Crippen molar-refractivity contribution >= 4 is 22.9 Å². The van der Waals surface area contributed by atoms with Gasteiger partial charge in [-0.05, 0) is 37.4 Å². The third-order valence-corrected chi connectivity index (χ3v) is 5.43. The normalized spacial score (nSPS) is 17.8. The van der Waals surface area contributed by atoms with Gasteiger partial charge in [-0.3, -0.25) is 9.39 Å². The number of nitrogens with zero attached hydrogens (tertiary/aromatic N) is 7. The first kappa shape index (κ1) is 17.8. The van der Waals surface area contributed by atoms with E-state index < -0.39 is 0 Å². The number of allylic oxidation sites excluding steroid dienone is 1. The summed E-state index contributed by atoms with van der Waals surface area (Å²) in [6.07, 6.45) is 8.95. The highest BCUT2D eigenvalue weighted by Gasteiger charge is 2.17. The Hall–Kier alpha value is -3.26. The highest BCUT2D eigenvalue weighted by molar-refractivity contribution is 6.08. The first-order valence-electron chi connectivity index (χ1n) is 9.69. The average molecular weight is 391 g/mol. The second-order valence-electron chi connectivity index (χ2n) is 7.35. The number of piperazine rings is 1. The Morgan fingerprint density at radius 2 is 1.83 bits per heavy atom. The number of fused-ring (bicyclic) bond motifs is 1. The summed E-state index contributed by atoms with van der Waals surface area (Å²) in [5.74, 6) is 0.713. The van der Waals surface area contributed by atoms with E-state index in [1.54, 1.807) is 16.7 Å². The summed E-state index contributed by atoms with van der Waals surface area (Å²) in [5, 5.41) is 0. The van der Waals surface area contributed by atoms with Crippen molar-refractivity contribution < 1.29 is 4.39 Å². The third-order valence-electron chi connectivity index (χ3n) is 5.43. The third kappa shape index (κ3) is 3.47. The van der Waals surface area contributed by atoms with Gasteiger partial charge in [0.05, 0.1) is 29.5 Å². The Kier molecular flexibility index (Phi) is 4.48.